The number of hydrogen-bond donors (Lipinski definition) is 2. The normalized spacial score (nSPS) is 10.4. The molecule has 1 aromatic heterocycles. The Morgan fingerprint density at radius 1 is 1.28 bits per heavy atom. The highest BCUT2D eigenvalue weighted by atomic mass is 79.9. The third-order valence-corrected chi connectivity index (χ3v) is 2.56. The second-order valence-corrected chi connectivity index (χ2v) is 4.19. The summed E-state index contributed by atoms with van der Waals surface area (Å²) in [5.74, 6) is -2.47. The molecule has 4 nitrogen and oxygen atoms in total. The summed E-state index contributed by atoms with van der Waals surface area (Å²) in [4.78, 5) is 11.6. The van der Waals surface area contributed by atoms with Gasteiger partial charge in [-0.25, -0.2) is 8.78 Å². The van der Waals surface area contributed by atoms with E-state index in [0.717, 1.165) is 6.07 Å². The van der Waals surface area contributed by atoms with Crippen LogP contribution >= 0.6 is 15.9 Å². The first-order chi connectivity index (χ1) is 8.47. The van der Waals surface area contributed by atoms with E-state index >= 15 is 0 Å². The molecular formula is C11H7BrF2N2O2. The van der Waals surface area contributed by atoms with E-state index in [1.807, 2.05) is 0 Å². The fraction of sp³-hybridized carbons (Fsp3) is 0. The zero-order chi connectivity index (χ0) is 13.3. The Balaban J connectivity index is 2.24. The summed E-state index contributed by atoms with van der Waals surface area (Å²) in [5, 5.41) is 2.23. The number of nitrogens with one attached hydrogen (secondary N) is 1. The van der Waals surface area contributed by atoms with Gasteiger partial charge in [-0.05, 0) is 34.1 Å². The summed E-state index contributed by atoms with van der Waals surface area (Å²) in [6, 6.07) is 4.53. The minimum absolute atomic E-state index is 0.0100. The average Bonchev–Trinajstić information content (AvgIpc) is 2.73. The predicted molar refractivity (Wildman–Crippen MR) is 65.1 cm³/mol. The fourth-order valence-electron chi connectivity index (χ4n) is 1.28. The third kappa shape index (κ3) is 2.51. The van der Waals surface area contributed by atoms with E-state index in [9.17, 15) is 13.6 Å². The van der Waals surface area contributed by atoms with Crippen molar-refractivity contribution in [3.63, 3.8) is 0 Å². The molecule has 0 atom stereocenters. The van der Waals surface area contributed by atoms with Crippen molar-refractivity contribution < 1.29 is 18.0 Å². The molecule has 0 fully saturated rings. The van der Waals surface area contributed by atoms with E-state index < -0.39 is 17.5 Å². The van der Waals surface area contributed by atoms with Gasteiger partial charge in [0.05, 0.1) is 11.4 Å². The van der Waals surface area contributed by atoms with Crippen molar-refractivity contribution in [2.75, 3.05) is 11.1 Å². The van der Waals surface area contributed by atoms with Crippen LogP contribution in [0.4, 0.5) is 20.2 Å². The number of nitrogen functional groups attached to an aromatic ring is 1. The molecule has 0 aliphatic carbocycles. The van der Waals surface area contributed by atoms with E-state index in [1.54, 1.807) is 0 Å². The highest BCUT2D eigenvalue weighted by Gasteiger charge is 2.14. The number of hydrogen-bond acceptors (Lipinski definition) is 3. The zero-order valence-electron chi connectivity index (χ0n) is 8.84. The average molecular weight is 317 g/mol. The standard InChI is InChI=1S/C11H7BrF2N2O2/c12-10-2-1-9(18-10)11(17)16-8-4-7(15)5(13)3-6(8)14/h1-4H,15H2,(H,16,17). The number of carbonyl (C=O) groups excluding carboxylic acids is 1. The molecule has 0 saturated carbocycles. The number of anilines is 2. The Morgan fingerprint density at radius 3 is 2.61 bits per heavy atom. The van der Waals surface area contributed by atoms with Gasteiger partial charge in [0.15, 0.2) is 10.4 Å². The summed E-state index contributed by atoms with van der Waals surface area (Å²) < 4.78 is 31.6. The van der Waals surface area contributed by atoms with Crippen LogP contribution in [0.5, 0.6) is 0 Å². The van der Waals surface area contributed by atoms with Crippen LogP contribution in [0.25, 0.3) is 0 Å². The zero-order valence-corrected chi connectivity index (χ0v) is 10.4. The largest absolute Gasteiger partial charge is 0.444 e. The molecule has 1 aromatic carbocycles. The maximum absolute atomic E-state index is 13.4. The van der Waals surface area contributed by atoms with Crippen molar-refractivity contribution in [3.8, 4) is 0 Å². The van der Waals surface area contributed by atoms with Crippen LogP contribution in [-0.2, 0) is 0 Å². The van der Waals surface area contributed by atoms with Gasteiger partial charge in [-0.2, -0.15) is 0 Å². The van der Waals surface area contributed by atoms with Gasteiger partial charge in [0.25, 0.3) is 5.91 Å². The lowest BCUT2D eigenvalue weighted by Gasteiger charge is -2.06. The summed E-state index contributed by atoms with van der Waals surface area (Å²) >= 11 is 3.03. The van der Waals surface area contributed by atoms with Gasteiger partial charge in [0, 0.05) is 6.07 Å². The number of nitrogens with two attached hydrogens (primary N) is 1. The summed E-state index contributed by atoms with van der Waals surface area (Å²) in [7, 11) is 0. The number of rotatable bonds is 2. The smallest absolute Gasteiger partial charge is 0.291 e. The number of amides is 1. The Hall–Kier alpha value is -1.89. The maximum atomic E-state index is 13.4. The van der Waals surface area contributed by atoms with Gasteiger partial charge < -0.3 is 15.5 Å². The first-order valence-electron chi connectivity index (χ1n) is 4.78. The molecule has 3 N–H and O–H groups in total. The molecule has 1 amide bonds. The van der Waals surface area contributed by atoms with Gasteiger partial charge >= 0.3 is 0 Å². The van der Waals surface area contributed by atoms with Crippen LogP contribution in [-0.4, -0.2) is 5.91 Å². The van der Waals surface area contributed by atoms with Gasteiger partial charge in [-0.3, -0.25) is 4.79 Å². The molecule has 2 rings (SSSR count). The van der Waals surface area contributed by atoms with Crippen LogP contribution in [0.3, 0.4) is 0 Å². The van der Waals surface area contributed by atoms with Crippen molar-refractivity contribution in [1.82, 2.24) is 0 Å². The van der Waals surface area contributed by atoms with E-state index in [2.05, 4.69) is 21.2 Å². The third-order valence-electron chi connectivity index (χ3n) is 2.13. The first kappa shape index (κ1) is 12.6. The lowest BCUT2D eigenvalue weighted by Crippen LogP contribution is -2.12. The van der Waals surface area contributed by atoms with E-state index in [1.165, 1.54) is 12.1 Å². The molecule has 0 unspecified atom stereocenters. The lowest BCUT2D eigenvalue weighted by atomic mass is 10.2. The van der Waals surface area contributed by atoms with Crippen molar-refractivity contribution in [1.29, 1.82) is 0 Å². The highest BCUT2D eigenvalue weighted by molar-refractivity contribution is 9.10. The number of furan rings is 1. The highest BCUT2D eigenvalue weighted by Crippen LogP contribution is 2.22. The van der Waals surface area contributed by atoms with Crippen LogP contribution in [0.15, 0.2) is 33.4 Å². The van der Waals surface area contributed by atoms with Crippen LogP contribution in [0, 0.1) is 11.6 Å². The molecule has 0 saturated heterocycles. The van der Waals surface area contributed by atoms with Crippen molar-refractivity contribution in [2.24, 2.45) is 0 Å². The molecule has 2 aromatic rings. The topological polar surface area (TPSA) is 68.3 Å². The first-order valence-corrected chi connectivity index (χ1v) is 5.58. The van der Waals surface area contributed by atoms with E-state index in [0.29, 0.717) is 10.7 Å². The molecule has 0 aliphatic rings. The molecule has 94 valence electrons. The maximum Gasteiger partial charge on any atom is 0.291 e. The quantitative estimate of drug-likeness (QED) is 0.836. The number of carbonyl (C=O) groups is 1. The molecule has 0 aliphatic heterocycles. The van der Waals surface area contributed by atoms with Gasteiger partial charge in [-0.15, -0.1) is 0 Å². The molecule has 1 heterocycles. The minimum atomic E-state index is -0.916. The van der Waals surface area contributed by atoms with Gasteiger partial charge in [-0.1, -0.05) is 0 Å². The minimum Gasteiger partial charge on any atom is -0.444 e. The molecular weight excluding hydrogens is 310 g/mol. The SMILES string of the molecule is Nc1cc(NC(=O)c2ccc(Br)o2)c(F)cc1F. The summed E-state index contributed by atoms with van der Waals surface area (Å²) in [6.07, 6.45) is 0. The number of halogens is 3. The summed E-state index contributed by atoms with van der Waals surface area (Å²) in [6.45, 7) is 0. The second kappa shape index (κ2) is 4.77. The second-order valence-electron chi connectivity index (χ2n) is 3.41. The van der Waals surface area contributed by atoms with Crippen LogP contribution < -0.4 is 11.1 Å². The lowest BCUT2D eigenvalue weighted by molar-refractivity contribution is 0.0995. The molecule has 0 bridgehead atoms. The Labute approximate surface area is 109 Å². The number of benzene rings is 1. The molecule has 18 heavy (non-hydrogen) atoms. The van der Waals surface area contributed by atoms with Crippen LogP contribution in [0.2, 0.25) is 0 Å². The Morgan fingerprint density at radius 2 is 2.00 bits per heavy atom. The van der Waals surface area contributed by atoms with E-state index in [-0.39, 0.29) is 17.1 Å². The summed E-state index contributed by atoms with van der Waals surface area (Å²) in [5.41, 5.74) is 4.81. The molecule has 7 heteroatoms. The van der Waals surface area contributed by atoms with Crippen molar-refractivity contribution in [2.45, 2.75) is 0 Å². The fourth-order valence-corrected chi connectivity index (χ4v) is 1.59. The van der Waals surface area contributed by atoms with Crippen molar-refractivity contribution >= 4 is 33.2 Å². The van der Waals surface area contributed by atoms with Crippen molar-refractivity contribution in [3.05, 3.63) is 46.3 Å². The van der Waals surface area contributed by atoms with Crippen LogP contribution in [0.1, 0.15) is 10.6 Å². The monoisotopic (exact) mass is 316 g/mol. The molecule has 0 radical (unpaired) electrons. The Bertz CT molecular complexity index is 613. The molecule has 0 spiro atoms. The predicted octanol–water partition coefficient (Wildman–Crippen LogP) is 3.15. The van der Waals surface area contributed by atoms with Gasteiger partial charge in [0.1, 0.15) is 11.6 Å². The van der Waals surface area contributed by atoms with Gasteiger partial charge in [0.2, 0.25) is 0 Å². The van der Waals surface area contributed by atoms with E-state index in [4.69, 9.17) is 10.2 Å². The Kier molecular flexibility index (Phi) is 3.33.